The van der Waals surface area contributed by atoms with E-state index in [0.29, 0.717) is 6.61 Å². The third-order valence-corrected chi connectivity index (χ3v) is 3.94. The Labute approximate surface area is 116 Å². The molecule has 2 atom stereocenters. The van der Waals surface area contributed by atoms with E-state index in [0.717, 1.165) is 11.0 Å². The highest BCUT2D eigenvalue weighted by molar-refractivity contribution is 7.92. The molecule has 0 saturated carbocycles. The second-order valence-corrected chi connectivity index (χ2v) is 5.74. The lowest BCUT2D eigenvalue weighted by molar-refractivity contribution is -0.139. The largest absolute Gasteiger partial charge is 0.611 e. The van der Waals surface area contributed by atoms with Crippen LogP contribution in [-0.4, -0.2) is 35.6 Å². The molecular weight excluding hydrogens is 264 g/mol. The van der Waals surface area contributed by atoms with Crippen molar-refractivity contribution in [2.75, 3.05) is 19.8 Å². The van der Waals surface area contributed by atoms with Crippen molar-refractivity contribution in [3.8, 4) is 0 Å². The first-order valence-electron chi connectivity index (χ1n) is 5.97. The second kappa shape index (κ2) is 8.74. The van der Waals surface area contributed by atoms with Gasteiger partial charge in [-0.3, -0.25) is 0 Å². The van der Waals surface area contributed by atoms with Crippen LogP contribution < -0.4 is 0 Å². The molecule has 0 bridgehead atoms. The average molecular weight is 282 g/mol. The fraction of sp³-hybridized carbons (Fsp3) is 0.357. The van der Waals surface area contributed by atoms with Crippen LogP contribution in [0, 0.1) is 0 Å². The van der Waals surface area contributed by atoms with E-state index < -0.39 is 17.1 Å². The standard InChI is InChI=1S/C14H18O4S/c1-3-14(15)18-10-9-17-11-12(2)19(16)13-7-5-4-6-8-13/h3-8,12H,1,9-11H2,2H3. The van der Waals surface area contributed by atoms with Crippen LogP contribution in [0.1, 0.15) is 6.92 Å². The molecule has 0 radical (unpaired) electrons. The number of hydrogen-bond donors (Lipinski definition) is 0. The van der Waals surface area contributed by atoms with Crippen LogP contribution in [0.25, 0.3) is 0 Å². The van der Waals surface area contributed by atoms with E-state index in [1.54, 1.807) is 0 Å². The van der Waals surface area contributed by atoms with Crippen molar-refractivity contribution in [1.82, 2.24) is 0 Å². The maximum atomic E-state index is 12.1. The van der Waals surface area contributed by atoms with E-state index in [2.05, 4.69) is 6.58 Å². The Hall–Kier alpha value is -1.30. The Morgan fingerprint density at radius 1 is 1.42 bits per heavy atom. The van der Waals surface area contributed by atoms with E-state index in [1.165, 1.54) is 0 Å². The first-order valence-corrected chi connectivity index (χ1v) is 7.19. The molecule has 5 heteroatoms. The molecule has 1 aromatic carbocycles. The number of benzene rings is 1. The van der Waals surface area contributed by atoms with Gasteiger partial charge in [0.05, 0.1) is 13.2 Å². The first-order chi connectivity index (χ1) is 9.15. The fourth-order valence-corrected chi connectivity index (χ4v) is 2.47. The summed E-state index contributed by atoms with van der Waals surface area (Å²) in [6, 6.07) is 9.26. The van der Waals surface area contributed by atoms with E-state index in [4.69, 9.17) is 9.47 Å². The predicted octanol–water partition coefficient (Wildman–Crippen LogP) is 1.93. The lowest BCUT2D eigenvalue weighted by Crippen LogP contribution is -2.24. The molecule has 0 heterocycles. The molecule has 0 saturated heterocycles. The van der Waals surface area contributed by atoms with Gasteiger partial charge >= 0.3 is 5.97 Å². The average Bonchev–Trinajstić information content (AvgIpc) is 2.46. The van der Waals surface area contributed by atoms with Gasteiger partial charge < -0.3 is 14.0 Å². The Kier molecular flexibility index (Phi) is 7.25. The smallest absolute Gasteiger partial charge is 0.330 e. The number of ether oxygens (including phenoxy) is 2. The Morgan fingerprint density at radius 3 is 2.74 bits per heavy atom. The molecule has 0 fully saturated rings. The van der Waals surface area contributed by atoms with Gasteiger partial charge in [-0.15, -0.1) is 0 Å². The molecule has 0 N–H and O–H groups in total. The van der Waals surface area contributed by atoms with Crippen LogP contribution in [0.3, 0.4) is 0 Å². The summed E-state index contributed by atoms with van der Waals surface area (Å²) in [6.07, 6.45) is 1.10. The first kappa shape index (κ1) is 15.8. The molecule has 4 nitrogen and oxygen atoms in total. The lowest BCUT2D eigenvalue weighted by atomic mass is 10.4. The zero-order valence-electron chi connectivity index (χ0n) is 10.9. The maximum Gasteiger partial charge on any atom is 0.330 e. The molecule has 0 spiro atoms. The fourth-order valence-electron chi connectivity index (χ4n) is 1.36. The van der Waals surface area contributed by atoms with Crippen LogP contribution >= 0.6 is 0 Å². The van der Waals surface area contributed by atoms with E-state index in [1.807, 2.05) is 37.3 Å². The van der Waals surface area contributed by atoms with Crippen molar-refractivity contribution in [3.63, 3.8) is 0 Å². The summed E-state index contributed by atoms with van der Waals surface area (Å²) in [6.45, 7) is 5.97. The minimum atomic E-state index is -1.09. The molecule has 0 amide bonds. The Bertz CT molecular complexity index is 394. The van der Waals surface area contributed by atoms with E-state index in [-0.39, 0.29) is 18.5 Å². The summed E-state index contributed by atoms with van der Waals surface area (Å²) >= 11 is -1.09. The SMILES string of the molecule is C=CC(=O)OCCOCC(C)[S+]([O-])c1ccccc1. The van der Waals surface area contributed by atoms with Crippen molar-refractivity contribution in [3.05, 3.63) is 43.0 Å². The Balaban J connectivity index is 2.22. The van der Waals surface area contributed by atoms with Gasteiger partial charge in [0.1, 0.15) is 11.9 Å². The molecule has 0 aliphatic heterocycles. The van der Waals surface area contributed by atoms with Crippen molar-refractivity contribution >= 4 is 17.1 Å². The number of rotatable bonds is 8. The monoisotopic (exact) mass is 282 g/mol. The second-order valence-electron chi connectivity index (χ2n) is 3.87. The number of hydrogen-bond acceptors (Lipinski definition) is 4. The predicted molar refractivity (Wildman–Crippen MR) is 74.3 cm³/mol. The van der Waals surface area contributed by atoms with Crippen LogP contribution in [0.2, 0.25) is 0 Å². The molecule has 0 aliphatic carbocycles. The molecule has 19 heavy (non-hydrogen) atoms. The van der Waals surface area contributed by atoms with Gasteiger partial charge in [0.25, 0.3) is 0 Å². The molecule has 0 aromatic heterocycles. The minimum absolute atomic E-state index is 0.113. The third kappa shape index (κ3) is 5.92. The molecule has 1 rings (SSSR count). The number of esters is 1. The zero-order valence-corrected chi connectivity index (χ0v) is 11.7. The highest BCUT2D eigenvalue weighted by atomic mass is 32.2. The quantitative estimate of drug-likeness (QED) is 0.316. The maximum absolute atomic E-state index is 12.1. The highest BCUT2D eigenvalue weighted by Crippen LogP contribution is 2.15. The topological polar surface area (TPSA) is 58.6 Å². The summed E-state index contributed by atoms with van der Waals surface area (Å²) in [7, 11) is 0. The van der Waals surface area contributed by atoms with Crippen LogP contribution in [-0.2, 0) is 25.4 Å². The summed E-state index contributed by atoms with van der Waals surface area (Å²) in [5.74, 6) is -0.468. The van der Waals surface area contributed by atoms with Crippen molar-refractivity contribution in [2.24, 2.45) is 0 Å². The summed E-state index contributed by atoms with van der Waals surface area (Å²) in [4.78, 5) is 11.5. The van der Waals surface area contributed by atoms with E-state index in [9.17, 15) is 9.35 Å². The number of carbonyl (C=O) groups is 1. The normalized spacial score (nSPS) is 13.6. The number of carbonyl (C=O) groups excluding carboxylic acids is 1. The summed E-state index contributed by atoms with van der Waals surface area (Å²) < 4.78 is 22.2. The van der Waals surface area contributed by atoms with Gasteiger partial charge in [-0.25, -0.2) is 4.79 Å². The molecule has 2 unspecified atom stereocenters. The van der Waals surface area contributed by atoms with Crippen LogP contribution in [0.4, 0.5) is 0 Å². The van der Waals surface area contributed by atoms with Crippen LogP contribution in [0.5, 0.6) is 0 Å². The van der Waals surface area contributed by atoms with Crippen molar-refractivity contribution < 1.29 is 18.8 Å². The minimum Gasteiger partial charge on any atom is -0.611 e. The highest BCUT2D eigenvalue weighted by Gasteiger charge is 2.19. The van der Waals surface area contributed by atoms with Crippen molar-refractivity contribution in [1.29, 1.82) is 0 Å². The van der Waals surface area contributed by atoms with Gasteiger partial charge in [-0.05, 0) is 30.2 Å². The molecular formula is C14H18O4S. The van der Waals surface area contributed by atoms with E-state index >= 15 is 0 Å². The molecule has 0 aliphatic rings. The zero-order chi connectivity index (χ0) is 14.1. The third-order valence-electron chi connectivity index (χ3n) is 2.33. The summed E-state index contributed by atoms with van der Waals surface area (Å²) in [5.41, 5.74) is 0. The van der Waals surface area contributed by atoms with Gasteiger partial charge in [0.15, 0.2) is 4.90 Å². The Morgan fingerprint density at radius 2 is 2.11 bits per heavy atom. The van der Waals surface area contributed by atoms with Crippen molar-refractivity contribution in [2.45, 2.75) is 17.1 Å². The summed E-state index contributed by atoms with van der Waals surface area (Å²) in [5, 5.41) is -0.113. The molecule has 1 aromatic rings. The lowest BCUT2D eigenvalue weighted by Gasteiger charge is -2.17. The van der Waals surface area contributed by atoms with Gasteiger partial charge in [-0.1, -0.05) is 24.8 Å². The van der Waals surface area contributed by atoms with Gasteiger partial charge in [0, 0.05) is 6.08 Å². The van der Waals surface area contributed by atoms with Gasteiger partial charge in [-0.2, -0.15) is 0 Å². The van der Waals surface area contributed by atoms with Crippen LogP contribution in [0.15, 0.2) is 47.9 Å². The van der Waals surface area contributed by atoms with Gasteiger partial charge in [0.2, 0.25) is 0 Å². The molecule has 104 valence electrons.